The number of hydrogen-bond donors (Lipinski definition) is 1. The number of furan rings is 1. The molecule has 1 aliphatic carbocycles. The standard InChI is InChI=1S/C15H19F2NO4/c1-10-3-4-11(22-10)12-9-18(7-8-21-12)13(19)15(16,17)14(20)5-2-6-14/h3-4,12,20H,2,5-9H2,1H3. The van der Waals surface area contributed by atoms with Crippen LogP contribution >= 0.6 is 0 Å². The van der Waals surface area contributed by atoms with Crippen LogP contribution in [0.25, 0.3) is 0 Å². The number of rotatable bonds is 3. The highest BCUT2D eigenvalue weighted by Crippen LogP contribution is 2.45. The van der Waals surface area contributed by atoms with Gasteiger partial charge in [0.15, 0.2) is 0 Å². The van der Waals surface area contributed by atoms with Gasteiger partial charge in [0.2, 0.25) is 0 Å². The predicted octanol–water partition coefficient (Wildman–Crippen LogP) is 2.04. The van der Waals surface area contributed by atoms with Crippen LogP contribution in [0.2, 0.25) is 0 Å². The smallest absolute Gasteiger partial charge is 0.352 e. The Kier molecular flexibility index (Phi) is 3.72. The summed E-state index contributed by atoms with van der Waals surface area (Å²) >= 11 is 0. The van der Waals surface area contributed by atoms with E-state index in [-0.39, 0.29) is 32.5 Å². The van der Waals surface area contributed by atoms with Crippen LogP contribution < -0.4 is 0 Å². The largest absolute Gasteiger partial charge is 0.464 e. The van der Waals surface area contributed by atoms with Gasteiger partial charge in [0.1, 0.15) is 23.2 Å². The van der Waals surface area contributed by atoms with E-state index in [1.807, 2.05) is 0 Å². The maximum absolute atomic E-state index is 14.3. The highest BCUT2D eigenvalue weighted by molar-refractivity contribution is 5.85. The molecule has 1 unspecified atom stereocenters. The highest BCUT2D eigenvalue weighted by atomic mass is 19.3. The lowest BCUT2D eigenvalue weighted by Gasteiger charge is -2.44. The lowest BCUT2D eigenvalue weighted by molar-refractivity contribution is -0.226. The molecule has 122 valence electrons. The van der Waals surface area contributed by atoms with E-state index in [4.69, 9.17) is 9.15 Å². The van der Waals surface area contributed by atoms with E-state index < -0.39 is 23.5 Å². The molecule has 22 heavy (non-hydrogen) atoms. The Bertz CT molecular complexity index is 568. The first-order valence-corrected chi connectivity index (χ1v) is 7.41. The lowest BCUT2D eigenvalue weighted by Crippen LogP contribution is -2.62. The molecule has 0 spiro atoms. The summed E-state index contributed by atoms with van der Waals surface area (Å²) in [6.07, 6.45) is -0.136. The number of amides is 1. The topological polar surface area (TPSA) is 62.9 Å². The zero-order valence-corrected chi connectivity index (χ0v) is 12.3. The second-order valence-corrected chi connectivity index (χ2v) is 6.02. The van der Waals surface area contributed by atoms with Crippen LogP contribution in [0.4, 0.5) is 8.78 Å². The van der Waals surface area contributed by atoms with E-state index >= 15 is 0 Å². The van der Waals surface area contributed by atoms with Crippen molar-refractivity contribution in [2.45, 2.75) is 43.8 Å². The first kappa shape index (κ1) is 15.4. The van der Waals surface area contributed by atoms with Gasteiger partial charge in [-0.2, -0.15) is 8.78 Å². The molecule has 2 fully saturated rings. The summed E-state index contributed by atoms with van der Waals surface area (Å²) < 4.78 is 39.5. The minimum Gasteiger partial charge on any atom is -0.464 e. The van der Waals surface area contributed by atoms with Gasteiger partial charge >= 0.3 is 5.92 Å². The number of alkyl halides is 2. The van der Waals surface area contributed by atoms with Gasteiger partial charge in [-0.3, -0.25) is 4.79 Å². The summed E-state index contributed by atoms with van der Waals surface area (Å²) in [5.74, 6) is -3.88. The van der Waals surface area contributed by atoms with Gasteiger partial charge in [-0.1, -0.05) is 0 Å². The van der Waals surface area contributed by atoms with Gasteiger partial charge in [-0.15, -0.1) is 0 Å². The first-order chi connectivity index (χ1) is 10.3. The Morgan fingerprint density at radius 2 is 2.18 bits per heavy atom. The van der Waals surface area contributed by atoms with Crippen molar-refractivity contribution in [2.75, 3.05) is 19.7 Å². The molecular formula is C15H19F2NO4. The number of halogens is 2. The van der Waals surface area contributed by atoms with Crippen molar-refractivity contribution in [3.63, 3.8) is 0 Å². The Balaban J connectivity index is 1.73. The van der Waals surface area contributed by atoms with Gasteiger partial charge in [0.05, 0.1) is 13.2 Å². The molecule has 7 heteroatoms. The quantitative estimate of drug-likeness (QED) is 0.927. The molecule has 1 saturated carbocycles. The molecule has 3 rings (SSSR count). The molecule has 5 nitrogen and oxygen atoms in total. The van der Waals surface area contributed by atoms with Crippen molar-refractivity contribution >= 4 is 5.91 Å². The minimum absolute atomic E-state index is 0.00252. The molecule has 0 aromatic carbocycles. The number of morpholine rings is 1. The average molecular weight is 315 g/mol. The van der Waals surface area contributed by atoms with Crippen LogP contribution in [-0.2, 0) is 9.53 Å². The average Bonchev–Trinajstić information content (AvgIpc) is 2.90. The van der Waals surface area contributed by atoms with E-state index in [1.54, 1.807) is 19.1 Å². The van der Waals surface area contributed by atoms with Gasteiger partial charge in [-0.05, 0) is 38.3 Å². The van der Waals surface area contributed by atoms with Crippen LogP contribution in [0, 0.1) is 6.92 Å². The highest BCUT2D eigenvalue weighted by Gasteiger charge is 2.62. The van der Waals surface area contributed by atoms with Crippen molar-refractivity contribution in [2.24, 2.45) is 0 Å². The number of aliphatic hydroxyl groups is 1. The van der Waals surface area contributed by atoms with E-state index in [0.29, 0.717) is 17.9 Å². The first-order valence-electron chi connectivity index (χ1n) is 7.41. The zero-order chi connectivity index (χ0) is 16.0. The molecule has 1 atom stereocenters. The summed E-state index contributed by atoms with van der Waals surface area (Å²) in [7, 11) is 0. The van der Waals surface area contributed by atoms with Crippen LogP contribution in [-0.4, -0.2) is 47.1 Å². The zero-order valence-electron chi connectivity index (χ0n) is 12.3. The lowest BCUT2D eigenvalue weighted by atomic mass is 9.75. The molecule has 1 saturated heterocycles. The number of carbonyl (C=O) groups is 1. The van der Waals surface area contributed by atoms with Crippen molar-refractivity contribution in [3.05, 3.63) is 23.7 Å². The van der Waals surface area contributed by atoms with Crippen LogP contribution in [0.5, 0.6) is 0 Å². The third kappa shape index (κ3) is 2.42. The van der Waals surface area contributed by atoms with E-state index in [0.717, 1.165) is 4.90 Å². The van der Waals surface area contributed by atoms with Gasteiger partial charge in [-0.25, -0.2) is 0 Å². The molecule has 1 aliphatic heterocycles. The normalized spacial score (nSPS) is 24.9. The van der Waals surface area contributed by atoms with Crippen molar-refractivity contribution in [1.29, 1.82) is 0 Å². The second-order valence-electron chi connectivity index (χ2n) is 6.02. The molecule has 0 radical (unpaired) electrons. The molecule has 0 bridgehead atoms. The summed E-state index contributed by atoms with van der Waals surface area (Å²) in [6.45, 7) is 2.01. The summed E-state index contributed by atoms with van der Waals surface area (Å²) in [4.78, 5) is 13.2. The van der Waals surface area contributed by atoms with E-state index in [1.165, 1.54) is 0 Å². The summed E-state index contributed by atoms with van der Waals surface area (Å²) in [5, 5.41) is 9.88. The Labute approximate surface area is 126 Å². The van der Waals surface area contributed by atoms with E-state index in [2.05, 4.69) is 0 Å². The molecule has 2 aliphatic rings. The number of nitrogens with zero attached hydrogens (tertiary/aromatic N) is 1. The fourth-order valence-electron chi connectivity index (χ4n) is 2.86. The maximum Gasteiger partial charge on any atom is 0.352 e. The van der Waals surface area contributed by atoms with Gasteiger partial charge < -0.3 is 19.2 Å². The minimum atomic E-state index is -3.76. The second kappa shape index (κ2) is 5.31. The van der Waals surface area contributed by atoms with Gasteiger partial charge in [0.25, 0.3) is 5.91 Å². The molecule has 1 N–H and O–H groups in total. The Morgan fingerprint density at radius 1 is 1.45 bits per heavy atom. The number of aryl methyl sites for hydroxylation is 1. The molecule has 1 aromatic rings. The van der Waals surface area contributed by atoms with Crippen LogP contribution in [0.15, 0.2) is 16.5 Å². The number of hydrogen-bond acceptors (Lipinski definition) is 4. The third-order valence-corrected chi connectivity index (χ3v) is 4.47. The monoisotopic (exact) mass is 315 g/mol. The Morgan fingerprint density at radius 3 is 2.73 bits per heavy atom. The molecular weight excluding hydrogens is 296 g/mol. The fraction of sp³-hybridized carbons (Fsp3) is 0.667. The third-order valence-electron chi connectivity index (χ3n) is 4.47. The van der Waals surface area contributed by atoms with Crippen LogP contribution in [0.1, 0.15) is 36.9 Å². The SMILES string of the molecule is Cc1ccc(C2CN(C(=O)C(F)(F)C3(O)CCC3)CCO2)o1. The van der Waals surface area contributed by atoms with E-state index in [9.17, 15) is 18.7 Å². The van der Waals surface area contributed by atoms with Crippen molar-refractivity contribution in [1.82, 2.24) is 4.90 Å². The summed E-state index contributed by atoms with van der Waals surface area (Å²) in [5.41, 5.74) is -2.20. The predicted molar refractivity (Wildman–Crippen MR) is 72.5 cm³/mol. The van der Waals surface area contributed by atoms with Gasteiger partial charge in [0, 0.05) is 6.54 Å². The van der Waals surface area contributed by atoms with Crippen molar-refractivity contribution in [3.8, 4) is 0 Å². The fourth-order valence-corrected chi connectivity index (χ4v) is 2.86. The number of ether oxygens (including phenoxy) is 1. The van der Waals surface area contributed by atoms with Crippen LogP contribution in [0.3, 0.4) is 0 Å². The number of carbonyl (C=O) groups excluding carboxylic acids is 1. The Hall–Kier alpha value is -1.47. The summed E-state index contributed by atoms with van der Waals surface area (Å²) in [6, 6.07) is 3.47. The molecule has 1 aromatic heterocycles. The molecule has 1 amide bonds. The molecule has 2 heterocycles. The van der Waals surface area contributed by atoms with Crippen molar-refractivity contribution < 1.29 is 27.8 Å². The maximum atomic E-state index is 14.3.